The van der Waals surface area contributed by atoms with Crippen LogP contribution in [-0.4, -0.2) is 34.2 Å². The Hall–Kier alpha value is -2.66. The summed E-state index contributed by atoms with van der Waals surface area (Å²) in [5.41, 5.74) is 0.530. The predicted octanol–water partition coefficient (Wildman–Crippen LogP) is 4.34. The van der Waals surface area contributed by atoms with Gasteiger partial charge in [-0.25, -0.2) is 9.69 Å². The number of amides is 2. The summed E-state index contributed by atoms with van der Waals surface area (Å²) in [6, 6.07) is 18.6. The molecule has 0 aromatic heterocycles. The first-order chi connectivity index (χ1) is 13.8. The second-order valence-electron chi connectivity index (χ2n) is 8.30. The quantitative estimate of drug-likeness (QED) is 0.790. The number of rotatable bonds is 6. The van der Waals surface area contributed by atoms with Crippen molar-refractivity contribution in [1.82, 2.24) is 4.90 Å². The van der Waals surface area contributed by atoms with Crippen LogP contribution in [0.25, 0.3) is 0 Å². The van der Waals surface area contributed by atoms with E-state index in [2.05, 4.69) is 0 Å². The van der Waals surface area contributed by atoms with Crippen LogP contribution in [0.5, 0.6) is 0 Å². The lowest BCUT2D eigenvalue weighted by Crippen LogP contribution is -2.50. The van der Waals surface area contributed by atoms with Crippen molar-refractivity contribution < 1.29 is 19.4 Å². The molecule has 2 amide bonds. The van der Waals surface area contributed by atoms with Gasteiger partial charge >= 0.3 is 6.09 Å². The molecule has 0 saturated carbocycles. The molecule has 154 valence electrons. The van der Waals surface area contributed by atoms with Crippen LogP contribution in [0.4, 0.5) is 4.79 Å². The number of carbonyl (C=O) groups excluding carboxylic acids is 2. The van der Waals surface area contributed by atoms with Gasteiger partial charge in [0.25, 0.3) is 0 Å². The van der Waals surface area contributed by atoms with Gasteiger partial charge in [0.2, 0.25) is 5.91 Å². The van der Waals surface area contributed by atoms with Crippen molar-refractivity contribution in [3.05, 3.63) is 71.8 Å². The second-order valence-corrected chi connectivity index (χ2v) is 8.30. The van der Waals surface area contributed by atoms with Crippen LogP contribution >= 0.6 is 0 Å². The van der Waals surface area contributed by atoms with Crippen LogP contribution in [-0.2, 0) is 15.1 Å². The van der Waals surface area contributed by atoms with E-state index < -0.39 is 29.7 Å². The standard InChI is InChI=1S/C24H29NO4/c1-16(2)20(26)15-21(27)25-22(17(3)4)24(29-23(25)28,18-11-7-5-8-12-18)19-13-9-6-10-14-19/h5-14,16-17,20,22,26H,15H2,1-4H3/t20-,22+/m1/s1. The molecule has 1 aliphatic heterocycles. The average molecular weight is 395 g/mol. The molecule has 2 aromatic rings. The molecule has 2 aromatic carbocycles. The molecule has 0 bridgehead atoms. The first-order valence-corrected chi connectivity index (χ1v) is 10.1. The smallest absolute Gasteiger partial charge is 0.418 e. The van der Waals surface area contributed by atoms with Crippen molar-refractivity contribution in [2.75, 3.05) is 0 Å². The van der Waals surface area contributed by atoms with E-state index in [9.17, 15) is 14.7 Å². The van der Waals surface area contributed by atoms with Gasteiger partial charge < -0.3 is 9.84 Å². The third-order valence-corrected chi connectivity index (χ3v) is 5.60. The number of cyclic esters (lactones) is 1. The number of hydrogen-bond acceptors (Lipinski definition) is 4. The normalized spacial score (nSPS) is 19.5. The van der Waals surface area contributed by atoms with Crippen LogP contribution < -0.4 is 0 Å². The van der Waals surface area contributed by atoms with E-state index in [4.69, 9.17) is 4.74 Å². The summed E-state index contributed by atoms with van der Waals surface area (Å²) in [6.07, 6.45) is -1.60. The van der Waals surface area contributed by atoms with E-state index in [1.54, 1.807) is 0 Å². The predicted molar refractivity (Wildman–Crippen MR) is 111 cm³/mol. The minimum Gasteiger partial charge on any atom is -0.430 e. The lowest BCUT2D eigenvalue weighted by Gasteiger charge is -2.37. The van der Waals surface area contributed by atoms with Crippen LogP contribution in [0, 0.1) is 11.8 Å². The first-order valence-electron chi connectivity index (χ1n) is 10.1. The Morgan fingerprint density at radius 1 is 1.00 bits per heavy atom. The molecule has 0 spiro atoms. The van der Waals surface area contributed by atoms with Gasteiger partial charge in [0.15, 0.2) is 5.60 Å². The SMILES string of the molecule is CC(C)[C@H](O)CC(=O)N1C(=O)OC(c2ccccc2)(c2ccccc2)[C@@H]1C(C)C. The highest BCUT2D eigenvalue weighted by molar-refractivity contribution is 5.95. The minimum absolute atomic E-state index is 0.0676. The summed E-state index contributed by atoms with van der Waals surface area (Å²) >= 11 is 0. The monoisotopic (exact) mass is 395 g/mol. The van der Waals surface area contributed by atoms with Crippen molar-refractivity contribution >= 4 is 12.0 Å². The maximum Gasteiger partial charge on any atom is 0.418 e. The number of benzene rings is 2. The third kappa shape index (κ3) is 3.79. The van der Waals surface area contributed by atoms with Gasteiger partial charge in [-0.3, -0.25) is 4.79 Å². The van der Waals surface area contributed by atoms with E-state index in [1.807, 2.05) is 88.4 Å². The minimum atomic E-state index is -1.10. The van der Waals surface area contributed by atoms with Crippen molar-refractivity contribution in [2.24, 2.45) is 11.8 Å². The Bertz CT molecular complexity index is 808. The summed E-state index contributed by atoms with van der Waals surface area (Å²) in [4.78, 5) is 27.4. The zero-order valence-electron chi connectivity index (χ0n) is 17.4. The Labute approximate surface area is 172 Å². The number of hydrogen-bond donors (Lipinski definition) is 1. The maximum atomic E-state index is 13.1. The van der Waals surface area contributed by atoms with Crippen LogP contribution in [0.15, 0.2) is 60.7 Å². The molecule has 5 heteroatoms. The fraction of sp³-hybridized carbons (Fsp3) is 0.417. The molecule has 3 rings (SSSR count). The van der Waals surface area contributed by atoms with E-state index in [-0.39, 0.29) is 18.3 Å². The molecule has 2 atom stereocenters. The Morgan fingerprint density at radius 3 is 1.90 bits per heavy atom. The molecule has 1 aliphatic rings. The van der Waals surface area contributed by atoms with Crippen LogP contribution in [0.1, 0.15) is 45.2 Å². The number of aliphatic hydroxyl groups is 1. The topological polar surface area (TPSA) is 66.8 Å². The molecule has 1 saturated heterocycles. The Balaban J connectivity index is 2.14. The lowest BCUT2D eigenvalue weighted by molar-refractivity contribution is -0.133. The van der Waals surface area contributed by atoms with E-state index in [0.29, 0.717) is 0 Å². The Kier molecular flexibility index (Phi) is 6.08. The molecule has 0 radical (unpaired) electrons. The zero-order valence-corrected chi connectivity index (χ0v) is 17.4. The van der Waals surface area contributed by atoms with Crippen molar-refractivity contribution in [2.45, 2.75) is 51.9 Å². The lowest BCUT2D eigenvalue weighted by atomic mass is 9.75. The number of aliphatic hydroxyl groups excluding tert-OH is 1. The maximum absolute atomic E-state index is 13.1. The molecule has 5 nitrogen and oxygen atoms in total. The van der Waals surface area contributed by atoms with Gasteiger partial charge in [0.1, 0.15) is 0 Å². The van der Waals surface area contributed by atoms with Gasteiger partial charge in [-0.15, -0.1) is 0 Å². The van der Waals surface area contributed by atoms with Crippen molar-refractivity contribution in [3.63, 3.8) is 0 Å². The molecule has 1 heterocycles. The summed E-state index contributed by atoms with van der Waals surface area (Å²) < 4.78 is 6.06. The zero-order chi connectivity index (χ0) is 21.2. The fourth-order valence-corrected chi connectivity index (χ4v) is 4.08. The second kappa shape index (κ2) is 8.37. The summed E-state index contributed by atoms with van der Waals surface area (Å²) in [7, 11) is 0. The largest absolute Gasteiger partial charge is 0.430 e. The summed E-state index contributed by atoms with van der Waals surface area (Å²) in [5, 5.41) is 10.2. The molecular weight excluding hydrogens is 366 g/mol. The fourth-order valence-electron chi connectivity index (χ4n) is 4.08. The third-order valence-electron chi connectivity index (χ3n) is 5.60. The highest BCUT2D eigenvalue weighted by Gasteiger charge is 2.59. The van der Waals surface area contributed by atoms with Gasteiger partial charge in [-0.2, -0.15) is 0 Å². The number of nitrogens with zero attached hydrogens (tertiary/aromatic N) is 1. The highest BCUT2D eigenvalue weighted by atomic mass is 16.6. The first kappa shape index (κ1) is 21.1. The highest BCUT2D eigenvalue weighted by Crippen LogP contribution is 2.47. The molecular formula is C24H29NO4. The van der Waals surface area contributed by atoms with Gasteiger partial charge in [-0.1, -0.05) is 88.4 Å². The van der Waals surface area contributed by atoms with Crippen molar-refractivity contribution in [1.29, 1.82) is 0 Å². The van der Waals surface area contributed by atoms with Gasteiger partial charge in [0.05, 0.1) is 18.6 Å². The van der Waals surface area contributed by atoms with Crippen LogP contribution in [0.3, 0.4) is 0 Å². The van der Waals surface area contributed by atoms with E-state index in [1.165, 1.54) is 4.90 Å². The van der Waals surface area contributed by atoms with Crippen LogP contribution in [0.2, 0.25) is 0 Å². The number of ether oxygens (including phenoxy) is 1. The molecule has 29 heavy (non-hydrogen) atoms. The van der Waals surface area contributed by atoms with Gasteiger partial charge in [0, 0.05) is 11.1 Å². The van der Waals surface area contributed by atoms with E-state index >= 15 is 0 Å². The number of imide groups is 1. The van der Waals surface area contributed by atoms with E-state index in [0.717, 1.165) is 11.1 Å². The summed E-state index contributed by atoms with van der Waals surface area (Å²) in [5.74, 6) is -0.561. The molecule has 0 unspecified atom stereocenters. The summed E-state index contributed by atoms with van der Waals surface area (Å²) in [6.45, 7) is 7.65. The van der Waals surface area contributed by atoms with Crippen molar-refractivity contribution in [3.8, 4) is 0 Å². The molecule has 1 fully saturated rings. The number of carbonyl (C=O) groups is 2. The van der Waals surface area contributed by atoms with Gasteiger partial charge in [-0.05, 0) is 11.8 Å². The molecule has 0 aliphatic carbocycles. The molecule has 1 N–H and O–H groups in total. The average Bonchev–Trinajstić information content (AvgIpc) is 3.03. The Morgan fingerprint density at radius 2 is 1.48 bits per heavy atom.